The normalized spacial score (nSPS) is 12.9. The number of thioether (sulfide) groups is 1. The summed E-state index contributed by atoms with van der Waals surface area (Å²) in [6.07, 6.45) is 1.37. The number of nitrogens with one attached hydrogen (secondary N) is 1. The Morgan fingerprint density at radius 1 is 0.903 bits per heavy atom. The van der Waals surface area contributed by atoms with Gasteiger partial charge in [-0.05, 0) is 41.8 Å². The molecule has 0 atom stereocenters. The van der Waals surface area contributed by atoms with Crippen LogP contribution >= 0.6 is 23.4 Å². The van der Waals surface area contributed by atoms with Crippen LogP contribution in [0, 0.1) is 0 Å². The van der Waals surface area contributed by atoms with Gasteiger partial charge in [0.2, 0.25) is 5.91 Å². The van der Waals surface area contributed by atoms with Gasteiger partial charge in [0.25, 0.3) is 0 Å². The van der Waals surface area contributed by atoms with Crippen LogP contribution in [0.25, 0.3) is 0 Å². The Kier molecular flexibility index (Phi) is 7.18. The summed E-state index contributed by atoms with van der Waals surface area (Å²) in [7, 11) is 0. The molecule has 0 bridgehead atoms. The quantitative estimate of drug-likeness (QED) is 0.504. The zero-order chi connectivity index (χ0) is 21.5. The third kappa shape index (κ3) is 6.06. The number of fused-ring (bicyclic) bond motifs is 1. The number of carbonyl (C=O) groups excluding carboxylic acids is 1. The van der Waals surface area contributed by atoms with E-state index in [-0.39, 0.29) is 5.91 Å². The first kappa shape index (κ1) is 21.3. The Morgan fingerprint density at radius 3 is 2.32 bits per heavy atom. The van der Waals surface area contributed by atoms with Crippen LogP contribution in [0.4, 0.5) is 11.4 Å². The smallest absolute Gasteiger partial charge is 0.230 e. The Balaban J connectivity index is 1.38. The summed E-state index contributed by atoms with van der Waals surface area (Å²) in [6.45, 7) is 0.590. The molecule has 1 aliphatic heterocycles. The SMILES string of the molecule is O=C(CSC1=Nc2ccccc2N=C(c2ccccc2)C1)NCCc1ccc(Cl)cc1. The van der Waals surface area contributed by atoms with E-state index in [1.165, 1.54) is 11.8 Å². The van der Waals surface area contributed by atoms with Crippen molar-refractivity contribution < 1.29 is 4.79 Å². The molecule has 1 heterocycles. The molecule has 1 amide bonds. The number of hydrogen-bond acceptors (Lipinski definition) is 4. The van der Waals surface area contributed by atoms with Gasteiger partial charge in [-0.15, -0.1) is 11.8 Å². The van der Waals surface area contributed by atoms with Crippen molar-refractivity contribution >= 4 is 51.4 Å². The first-order valence-corrected chi connectivity index (χ1v) is 11.5. The minimum Gasteiger partial charge on any atom is -0.355 e. The molecule has 1 N–H and O–H groups in total. The van der Waals surface area contributed by atoms with Gasteiger partial charge in [-0.2, -0.15) is 0 Å². The van der Waals surface area contributed by atoms with E-state index in [2.05, 4.69) is 17.4 Å². The van der Waals surface area contributed by atoms with Crippen LogP contribution < -0.4 is 5.32 Å². The molecule has 6 heteroatoms. The summed E-state index contributed by atoms with van der Waals surface area (Å²) in [6, 6.07) is 25.6. The maximum Gasteiger partial charge on any atom is 0.230 e. The van der Waals surface area contributed by atoms with E-state index in [0.717, 1.165) is 39.7 Å². The summed E-state index contributed by atoms with van der Waals surface area (Å²) >= 11 is 7.38. The molecule has 0 spiro atoms. The Labute approximate surface area is 191 Å². The van der Waals surface area contributed by atoms with Crippen molar-refractivity contribution in [3.05, 3.63) is 95.0 Å². The Bertz CT molecular complexity index is 1110. The molecule has 3 aromatic rings. The van der Waals surface area contributed by atoms with Gasteiger partial charge in [-0.25, -0.2) is 4.99 Å². The molecule has 0 fully saturated rings. The van der Waals surface area contributed by atoms with Gasteiger partial charge in [-0.3, -0.25) is 9.79 Å². The second kappa shape index (κ2) is 10.4. The van der Waals surface area contributed by atoms with Gasteiger partial charge >= 0.3 is 0 Å². The zero-order valence-electron chi connectivity index (χ0n) is 16.9. The van der Waals surface area contributed by atoms with Crippen molar-refractivity contribution in [3.8, 4) is 0 Å². The van der Waals surface area contributed by atoms with Gasteiger partial charge in [0.1, 0.15) is 0 Å². The summed E-state index contributed by atoms with van der Waals surface area (Å²) in [5.74, 6) is 0.321. The van der Waals surface area contributed by atoms with Crippen molar-refractivity contribution in [2.75, 3.05) is 12.3 Å². The highest BCUT2D eigenvalue weighted by Gasteiger charge is 2.16. The van der Waals surface area contributed by atoms with Gasteiger partial charge in [0.05, 0.1) is 27.9 Å². The van der Waals surface area contributed by atoms with Crippen LogP contribution in [0.1, 0.15) is 17.5 Å². The molecule has 0 radical (unpaired) electrons. The van der Waals surface area contributed by atoms with Crippen molar-refractivity contribution in [2.45, 2.75) is 12.8 Å². The number of para-hydroxylation sites is 2. The highest BCUT2D eigenvalue weighted by atomic mass is 35.5. The Morgan fingerprint density at radius 2 is 1.58 bits per heavy atom. The molecule has 0 unspecified atom stereocenters. The summed E-state index contributed by atoms with van der Waals surface area (Å²) in [5.41, 5.74) is 4.86. The van der Waals surface area contributed by atoms with E-state index in [1.807, 2.05) is 66.7 Å². The fourth-order valence-corrected chi connectivity index (χ4v) is 4.16. The number of halogens is 1. The van der Waals surface area contributed by atoms with Crippen molar-refractivity contribution in [1.29, 1.82) is 0 Å². The minimum atomic E-state index is -0.00241. The molecule has 3 aromatic carbocycles. The molecular formula is C25H22ClN3OS. The number of carbonyl (C=O) groups is 1. The Hall–Kier alpha value is -2.89. The van der Waals surface area contributed by atoms with Crippen LogP contribution in [0.15, 0.2) is 88.8 Å². The lowest BCUT2D eigenvalue weighted by molar-refractivity contribution is -0.118. The topological polar surface area (TPSA) is 53.8 Å². The number of rotatable bonds is 6. The number of benzene rings is 3. The lowest BCUT2D eigenvalue weighted by Crippen LogP contribution is -2.27. The summed E-state index contributed by atoms with van der Waals surface area (Å²) in [4.78, 5) is 22.0. The third-order valence-corrected chi connectivity index (χ3v) is 6.05. The maximum absolute atomic E-state index is 12.4. The second-order valence-corrected chi connectivity index (χ2v) is 8.60. The standard InChI is InChI=1S/C25H22ClN3OS/c26-20-12-10-18(11-13-20)14-15-27-24(30)17-31-25-16-23(19-6-2-1-3-7-19)28-21-8-4-5-9-22(21)29-25/h1-13H,14-17H2,(H,27,30). The fraction of sp³-hybridized carbons (Fsp3) is 0.160. The van der Waals surface area contributed by atoms with Gasteiger partial charge in [0.15, 0.2) is 0 Å². The first-order chi connectivity index (χ1) is 15.2. The predicted octanol–water partition coefficient (Wildman–Crippen LogP) is 5.99. The predicted molar refractivity (Wildman–Crippen MR) is 131 cm³/mol. The second-order valence-electron chi connectivity index (χ2n) is 7.11. The van der Waals surface area contributed by atoms with Crippen LogP contribution in [-0.4, -0.2) is 29.0 Å². The molecule has 4 rings (SSSR count). The van der Waals surface area contributed by atoms with Gasteiger partial charge in [-0.1, -0.05) is 66.2 Å². The molecule has 0 aliphatic carbocycles. The third-order valence-electron chi connectivity index (χ3n) is 4.83. The van der Waals surface area contributed by atoms with Gasteiger partial charge in [0, 0.05) is 18.0 Å². The van der Waals surface area contributed by atoms with Gasteiger partial charge < -0.3 is 5.32 Å². The van der Waals surface area contributed by atoms with Crippen molar-refractivity contribution in [2.24, 2.45) is 9.98 Å². The summed E-state index contributed by atoms with van der Waals surface area (Å²) in [5, 5.41) is 4.59. The van der Waals surface area contributed by atoms with Crippen LogP contribution in [0.5, 0.6) is 0 Å². The minimum absolute atomic E-state index is 0.00241. The van der Waals surface area contributed by atoms with Crippen LogP contribution in [0.2, 0.25) is 5.02 Å². The average Bonchev–Trinajstić information content (AvgIpc) is 2.99. The van der Waals surface area contributed by atoms with E-state index in [4.69, 9.17) is 21.6 Å². The molecule has 1 aliphatic rings. The molecular weight excluding hydrogens is 426 g/mol. The van der Waals surface area contributed by atoms with E-state index in [1.54, 1.807) is 0 Å². The molecule has 0 saturated carbocycles. The first-order valence-electron chi connectivity index (χ1n) is 10.1. The fourth-order valence-electron chi connectivity index (χ4n) is 3.23. The molecule has 0 aromatic heterocycles. The highest BCUT2D eigenvalue weighted by molar-refractivity contribution is 8.14. The van der Waals surface area contributed by atoms with Crippen LogP contribution in [0.3, 0.4) is 0 Å². The number of hydrogen-bond donors (Lipinski definition) is 1. The zero-order valence-corrected chi connectivity index (χ0v) is 18.5. The molecule has 4 nitrogen and oxygen atoms in total. The number of amides is 1. The molecule has 31 heavy (non-hydrogen) atoms. The maximum atomic E-state index is 12.4. The van der Waals surface area contributed by atoms with E-state index in [9.17, 15) is 4.79 Å². The summed E-state index contributed by atoms with van der Waals surface area (Å²) < 4.78 is 0. The lowest BCUT2D eigenvalue weighted by Gasteiger charge is -2.08. The number of nitrogens with zero attached hydrogens (tertiary/aromatic N) is 2. The molecule has 0 saturated heterocycles. The number of aliphatic imine (C=N–C) groups is 2. The average molecular weight is 448 g/mol. The monoisotopic (exact) mass is 447 g/mol. The van der Waals surface area contributed by atoms with E-state index < -0.39 is 0 Å². The van der Waals surface area contributed by atoms with Crippen LogP contribution in [-0.2, 0) is 11.2 Å². The highest BCUT2D eigenvalue weighted by Crippen LogP contribution is 2.33. The molecule has 156 valence electrons. The largest absolute Gasteiger partial charge is 0.355 e. The van der Waals surface area contributed by atoms with E-state index in [0.29, 0.717) is 23.7 Å². The van der Waals surface area contributed by atoms with E-state index >= 15 is 0 Å². The lowest BCUT2D eigenvalue weighted by atomic mass is 10.1. The van der Waals surface area contributed by atoms with Crippen molar-refractivity contribution in [3.63, 3.8) is 0 Å². The van der Waals surface area contributed by atoms with Crippen molar-refractivity contribution in [1.82, 2.24) is 5.32 Å².